The van der Waals surface area contributed by atoms with Crippen molar-refractivity contribution in [2.75, 3.05) is 19.5 Å². The van der Waals surface area contributed by atoms with E-state index >= 15 is 0 Å². The van der Waals surface area contributed by atoms with Gasteiger partial charge >= 0.3 is 5.97 Å². The molecule has 0 saturated carbocycles. The zero-order chi connectivity index (χ0) is 20.0. The Balaban J connectivity index is 2.18. The first-order chi connectivity index (χ1) is 12.9. The van der Waals surface area contributed by atoms with E-state index in [-0.39, 0.29) is 11.3 Å². The number of hydrogen-bond donors (Lipinski definition) is 3. The maximum Gasteiger partial charge on any atom is 0.340 e. The monoisotopic (exact) mass is 387 g/mol. The number of aryl methyl sites for hydroxylation is 2. The summed E-state index contributed by atoms with van der Waals surface area (Å²) >= 11 is 5.25. The lowest BCUT2D eigenvalue weighted by atomic mass is 10.1. The summed E-state index contributed by atoms with van der Waals surface area (Å²) in [4.78, 5) is 11.6. The number of rotatable bonds is 6. The molecule has 0 spiro atoms. The third-order valence-corrected chi connectivity index (χ3v) is 4.07. The van der Waals surface area contributed by atoms with Gasteiger partial charge in [0.2, 0.25) is 0 Å². The van der Waals surface area contributed by atoms with Crippen molar-refractivity contribution in [3.05, 3.63) is 52.6 Å². The van der Waals surface area contributed by atoms with E-state index in [2.05, 4.69) is 15.8 Å². The lowest BCUT2D eigenvalue weighted by molar-refractivity contribution is 0.0692. The topological polar surface area (TPSA) is 92.2 Å². The molecule has 0 heterocycles. The average Bonchev–Trinajstić information content (AvgIpc) is 2.64. The molecule has 2 aromatic carbocycles. The van der Waals surface area contributed by atoms with Crippen molar-refractivity contribution < 1.29 is 19.4 Å². The number of thiocarbonyl (C=S) groups is 1. The van der Waals surface area contributed by atoms with Gasteiger partial charge in [-0.05, 0) is 49.3 Å². The number of para-hydroxylation sites is 1. The van der Waals surface area contributed by atoms with Gasteiger partial charge in [0, 0.05) is 11.3 Å². The Morgan fingerprint density at radius 2 is 1.81 bits per heavy atom. The third kappa shape index (κ3) is 4.73. The molecule has 0 atom stereocenters. The van der Waals surface area contributed by atoms with E-state index < -0.39 is 5.97 Å². The van der Waals surface area contributed by atoms with E-state index in [1.54, 1.807) is 12.1 Å². The molecule has 3 N–H and O–H groups in total. The molecule has 27 heavy (non-hydrogen) atoms. The summed E-state index contributed by atoms with van der Waals surface area (Å²) < 4.78 is 10.3. The van der Waals surface area contributed by atoms with Crippen molar-refractivity contribution in [2.24, 2.45) is 5.10 Å². The first kappa shape index (κ1) is 20.2. The predicted molar refractivity (Wildman–Crippen MR) is 109 cm³/mol. The number of carboxylic acid groups (broad SMARTS) is 1. The molecule has 2 aromatic rings. The number of methoxy groups -OCH3 is 2. The Bertz CT molecular complexity index is 877. The molecule has 0 aliphatic rings. The Hall–Kier alpha value is -3.13. The largest absolute Gasteiger partial charge is 0.493 e. The van der Waals surface area contributed by atoms with Crippen molar-refractivity contribution in [1.82, 2.24) is 5.43 Å². The van der Waals surface area contributed by atoms with Gasteiger partial charge in [-0.1, -0.05) is 18.2 Å². The van der Waals surface area contributed by atoms with Gasteiger partial charge in [0.1, 0.15) is 5.56 Å². The van der Waals surface area contributed by atoms with Gasteiger partial charge in [-0.25, -0.2) is 4.79 Å². The van der Waals surface area contributed by atoms with E-state index in [0.29, 0.717) is 16.4 Å². The minimum absolute atomic E-state index is 0.0453. The van der Waals surface area contributed by atoms with Crippen molar-refractivity contribution in [2.45, 2.75) is 13.8 Å². The van der Waals surface area contributed by atoms with Crippen LogP contribution in [0.5, 0.6) is 11.5 Å². The van der Waals surface area contributed by atoms with Crippen LogP contribution >= 0.6 is 12.2 Å². The summed E-state index contributed by atoms with van der Waals surface area (Å²) in [7, 11) is 2.82. The highest BCUT2D eigenvalue weighted by Crippen LogP contribution is 2.32. The van der Waals surface area contributed by atoms with Crippen molar-refractivity contribution in [3.8, 4) is 11.5 Å². The number of hydrogen-bond acceptors (Lipinski definition) is 5. The van der Waals surface area contributed by atoms with E-state index in [4.69, 9.17) is 21.7 Å². The summed E-state index contributed by atoms with van der Waals surface area (Å²) in [5.41, 5.74) is 6.00. The number of carboxylic acids is 1. The Morgan fingerprint density at radius 1 is 1.15 bits per heavy atom. The fourth-order valence-corrected chi connectivity index (χ4v) is 2.74. The van der Waals surface area contributed by atoms with Gasteiger partial charge < -0.3 is 19.9 Å². The van der Waals surface area contributed by atoms with Crippen LogP contribution in [0.2, 0.25) is 0 Å². The molecule has 2 rings (SSSR count). The van der Waals surface area contributed by atoms with Gasteiger partial charge in [0.15, 0.2) is 16.6 Å². The van der Waals surface area contributed by atoms with E-state index in [0.717, 1.165) is 16.8 Å². The molecule has 0 radical (unpaired) electrons. The van der Waals surface area contributed by atoms with Crippen molar-refractivity contribution in [1.29, 1.82) is 0 Å². The second kappa shape index (κ2) is 9.00. The number of nitrogens with one attached hydrogen (secondary N) is 2. The molecule has 0 fully saturated rings. The van der Waals surface area contributed by atoms with Gasteiger partial charge in [-0.2, -0.15) is 5.10 Å². The SMILES string of the molecule is COc1ccc(/C=N\NC(=S)Nc2c(C)cccc2C)c(C(=O)O)c1OC. The zero-order valence-corrected chi connectivity index (χ0v) is 16.3. The van der Waals surface area contributed by atoms with Crippen LogP contribution in [0.3, 0.4) is 0 Å². The van der Waals surface area contributed by atoms with Crippen LogP contribution < -0.4 is 20.2 Å². The lowest BCUT2D eigenvalue weighted by Gasteiger charge is -2.13. The maximum atomic E-state index is 11.6. The van der Waals surface area contributed by atoms with Crippen LogP contribution in [-0.2, 0) is 0 Å². The molecule has 0 unspecified atom stereocenters. The molecule has 0 saturated heterocycles. The summed E-state index contributed by atoms with van der Waals surface area (Å²) in [6, 6.07) is 9.11. The fourth-order valence-electron chi connectivity index (χ4n) is 2.58. The first-order valence-electron chi connectivity index (χ1n) is 8.03. The van der Waals surface area contributed by atoms with Crippen molar-refractivity contribution in [3.63, 3.8) is 0 Å². The molecule has 0 aromatic heterocycles. The number of benzene rings is 2. The number of carbonyl (C=O) groups is 1. The summed E-state index contributed by atoms with van der Waals surface area (Å²) in [6.07, 6.45) is 1.37. The average molecular weight is 387 g/mol. The van der Waals surface area contributed by atoms with Gasteiger partial charge in [0.05, 0.1) is 20.4 Å². The molecular weight excluding hydrogens is 366 g/mol. The van der Waals surface area contributed by atoms with Crippen LogP contribution in [0.1, 0.15) is 27.0 Å². The van der Waals surface area contributed by atoms with Crippen LogP contribution in [-0.4, -0.2) is 36.6 Å². The summed E-state index contributed by atoms with van der Waals surface area (Å²) in [5, 5.41) is 16.9. The van der Waals surface area contributed by atoms with E-state index in [1.807, 2.05) is 32.0 Å². The van der Waals surface area contributed by atoms with E-state index in [1.165, 1.54) is 20.4 Å². The highest BCUT2D eigenvalue weighted by molar-refractivity contribution is 7.80. The highest BCUT2D eigenvalue weighted by atomic mass is 32.1. The summed E-state index contributed by atoms with van der Waals surface area (Å²) in [6.45, 7) is 3.95. The number of aromatic carboxylic acids is 1. The van der Waals surface area contributed by atoms with Gasteiger partial charge in [-0.3, -0.25) is 5.43 Å². The number of ether oxygens (including phenoxy) is 2. The van der Waals surface area contributed by atoms with E-state index in [9.17, 15) is 9.90 Å². The quantitative estimate of drug-likeness (QED) is 0.398. The van der Waals surface area contributed by atoms with Crippen molar-refractivity contribution >= 4 is 35.2 Å². The highest BCUT2D eigenvalue weighted by Gasteiger charge is 2.20. The minimum atomic E-state index is -1.15. The first-order valence-corrected chi connectivity index (χ1v) is 8.44. The normalized spacial score (nSPS) is 10.5. The smallest absolute Gasteiger partial charge is 0.340 e. The third-order valence-electron chi connectivity index (χ3n) is 3.88. The summed E-state index contributed by atoms with van der Waals surface area (Å²) in [5.74, 6) is -0.694. The number of nitrogens with zero attached hydrogens (tertiary/aromatic N) is 1. The maximum absolute atomic E-state index is 11.6. The van der Waals surface area contributed by atoms with Crippen LogP contribution in [0.15, 0.2) is 35.4 Å². The molecule has 142 valence electrons. The van der Waals surface area contributed by atoms with Crippen LogP contribution in [0.25, 0.3) is 0 Å². The molecule has 0 bridgehead atoms. The zero-order valence-electron chi connectivity index (χ0n) is 15.5. The molecule has 7 nitrogen and oxygen atoms in total. The van der Waals surface area contributed by atoms with Crippen LogP contribution in [0.4, 0.5) is 5.69 Å². The Kier molecular flexibility index (Phi) is 6.73. The second-order valence-electron chi connectivity index (χ2n) is 5.66. The number of anilines is 1. The molecule has 8 heteroatoms. The minimum Gasteiger partial charge on any atom is -0.493 e. The Labute approximate surface area is 163 Å². The van der Waals surface area contributed by atoms with Gasteiger partial charge in [-0.15, -0.1) is 0 Å². The fraction of sp³-hybridized carbons (Fsp3) is 0.211. The molecule has 0 amide bonds. The Morgan fingerprint density at radius 3 is 2.37 bits per heavy atom. The van der Waals surface area contributed by atoms with Gasteiger partial charge in [0.25, 0.3) is 0 Å². The second-order valence-corrected chi connectivity index (χ2v) is 6.07. The predicted octanol–water partition coefficient (Wildman–Crippen LogP) is 3.34. The molecule has 0 aliphatic heterocycles. The van der Waals surface area contributed by atoms with Crippen LogP contribution in [0, 0.1) is 13.8 Å². The standard InChI is InChI=1S/C19H21N3O4S/c1-11-6-5-7-12(2)16(11)21-19(27)22-20-10-13-8-9-14(25-3)17(26-4)15(13)18(23)24/h5-10H,1-4H3,(H,23,24)(H2,21,22,27)/b20-10-. The molecular formula is C19H21N3O4S. The molecule has 0 aliphatic carbocycles. The lowest BCUT2D eigenvalue weighted by Crippen LogP contribution is -2.24. The number of hydrazone groups is 1.